The first kappa shape index (κ1) is 20.3. The smallest absolute Gasteiger partial charge is 0.262 e. The van der Waals surface area contributed by atoms with Crippen LogP contribution in [0.2, 0.25) is 5.02 Å². The summed E-state index contributed by atoms with van der Waals surface area (Å²) in [5, 5.41) is 6.00. The highest BCUT2D eigenvalue weighted by Crippen LogP contribution is 2.27. The molecule has 0 spiro atoms. The number of nitrogens with one attached hydrogen (secondary N) is 2. The van der Waals surface area contributed by atoms with Crippen LogP contribution in [0.4, 0.5) is 5.69 Å². The lowest BCUT2D eigenvalue weighted by Crippen LogP contribution is -2.33. The van der Waals surface area contributed by atoms with Gasteiger partial charge in [-0.15, -0.1) is 0 Å². The summed E-state index contributed by atoms with van der Waals surface area (Å²) in [6.45, 7) is 3.70. The largest absolute Gasteiger partial charge is 0.482 e. The molecule has 5 nitrogen and oxygen atoms in total. The summed E-state index contributed by atoms with van der Waals surface area (Å²) >= 11 is 9.37. The number of carbonyl (C=O) groups is 2. The van der Waals surface area contributed by atoms with E-state index in [0.29, 0.717) is 22.0 Å². The molecule has 2 amide bonds. The highest BCUT2D eigenvalue weighted by molar-refractivity contribution is 9.10. The first-order valence-electron chi connectivity index (χ1n) is 8.18. The van der Waals surface area contributed by atoms with Gasteiger partial charge in [0.1, 0.15) is 5.75 Å². The van der Waals surface area contributed by atoms with Crippen molar-refractivity contribution in [3.8, 4) is 5.75 Å². The van der Waals surface area contributed by atoms with Gasteiger partial charge in [-0.1, -0.05) is 46.6 Å². The van der Waals surface area contributed by atoms with Crippen LogP contribution >= 0.6 is 27.5 Å². The van der Waals surface area contributed by atoms with Crippen LogP contribution in [0, 0.1) is 0 Å². The zero-order valence-corrected chi connectivity index (χ0v) is 16.9. The highest BCUT2D eigenvalue weighted by atomic mass is 79.9. The van der Waals surface area contributed by atoms with Crippen LogP contribution < -0.4 is 15.4 Å². The lowest BCUT2D eigenvalue weighted by atomic mass is 10.1. The Balaban J connectivity index is 2.01. The Bertz CT molecular complexity index is 798. The van der Waals surface area contributed by atoms with Crippen LogP contribution in [0.15, 0.2) is 46.9 Å². The van der Waals surface area contributed by atoms with Crippen molar-refractivity contribution in [2.45, 2.75) is 26.3 Å². The average Bonchev–Trinajstić information content (AvgIpc) is 2.61. The van der Waals surface area contributed by atoms with Crippen LogP contribution in [0.1, 0.15) is 30.6 Å². The first-order chi connectivity index (χ1) is 12.4. The topological polar surface area (TPSA) is 67.4 Å². The van der Waals surface area contributed by atoms with E-state index in [1.807, 2.05) is 13.8 Å². The zero-order valence-electron chi connectivity index (χ0n) is 14.5. The number of carbonyl (C=O) groups excluding carboxylic acids is 2. The van der Waals surface area contributed by atoms with Gasteiger partial charge in [-0.3, -0.25) is 9.59 Å². The molecule has 26 heavy (non-hydrogen) atoms. The fourth-order valence-electron chi connectivity index (χ4n) is 2.12. The maximum atomic E-state index is 12.4. The second kappa shape index (κ2) is 9.59. The Hall–Kier alpha value is -2.05. The number of hydrogen-bond donors (Lipinski definition) is 2. The Morgan fingerprint density at radius 1 is 1.23 bits per heavy atom. The molecule has 2 rings (SSSR count). The third-order valence-corrected chi connectivity index (χ3v) is 4.48. The third kappa shape index (κ3) is 5.75. The van der Waals surface area contributed by atoms with Crippen molar-refractivity contribution >= 4 is 45.0 Å². The minimum absolute atomic E-state index is 0.0501. The van der Waals surface area contributed by atoms with Gasteiger partial charge in [-0.2, -0.15) is 0 Å². The van der Waals surface area contributed by atoms with Crippen molar-refractivity contribution in [1.82, 2.24) is 5.32 Å². The van der Waals surface area contributed by atoms with Gasteiger partial charge in [-0.25, -0.2) is 0 Å². The SMILES string of the molecule is CC[C@@H](C)NC(=O)c1ccccc1NC(=O)COc1ccc(Br)cc1Cl. The van der Waals surface area contributed by atoms with E-state index in [2.05, 4.69) is 26.6 Å². The Kier molecular flexibility index (Phi) is 7.48. The number of rotatable bonds is 7. The number of ether oxygens (including phenoxy) is 1. The van der Waals surface area contributed by atoms with Gasteiger partial charge in [0.2, 0.25) is 0 Å². The lowest BCUT2D eigenvalue weighted by Gasteiger charge is -2.15. The molecule has 0 aliphatic carbocycles. The molecule has 0 aliphatic heterocycles. The van der Waals surface area contributed by atoms with Crippen molar-refractivity contribution in [2.24, 2.45) is 0 Å². The molecule has 0 bridgehead atoms. The number of anilines is 1. The predicted molar refractivity (Wildman–Crippen MR) is 107 cm³/mol. The summed E-state index contributed by atoms with van der Waals surface area (Å²) in [6, 6.07) is 12.0. The Morgan fingerprint density at radius 3 is 2.65 bits per heavy atom. The number of halogens is 2. The molecule has 0 heterocycles. The summed E-state index contributed by atoms with van der Waals surface area (Å²) in [4.78, 5) is 24.6. The normalized spacial score (nSPS) is 11.5. The van der Waals surface area contributed by atoms with Crippen LogP contribution in [-0.2, 0) is 4.79 Å². The molecule has 7 heteroatoms. The molecule has 0 aromatic heterocycles. The third-order valence-electron chi connectivity index (χ3n) is 3.69. The average molecular weight is 440 g/mol. The minimum Gasteiger partial charge on any atom is -0.482 e. The molecule has 0 saturated carbocycles. The second-order valence-electron chi connectivity index (χ2n) is 5.74. The van der Waals surface area contributed by atoms with Crippen molar-refractivity contribution < 1.29 is 14.3 Å². The summed E-state index contributed by atoms with van der Waals surface area (Å²) in [5.41, 5.74) is 0.839. The maximum Gasteiger partial charge on any atom is 0.262 e. The molecule has 0 unspecified atom stereocenters. The minimum atomic E-state index is -0.382. The van der Waals surface area contributed by atoms with Gasteiger partial charge in [-0.05, 0) is 43.7 Å². The van der Waals surface area contributed by atoms with Gasteiger partial charge in [0.05, 0.1) is 16.3 Å². The number of para-hydroxylation sites is 1. The zero-order chi connectivity index (χ0) is 19.1. The Morgan fingerprint density at radius 2 is 1.96 bits per heavy atom. The van der Waals surface area contributed by atoms with Gasteiger partial charge < -0.3 is 15.4 Å². The van der Waals surface area contributed by atoms with Crippen molar-refractivity contribution in [3.05, 3.63) is 57.5 Å². The van der Waals surface area contributed by atoms with Crippen molar-refractivity contribution in [2.75, 3.05) is 11.9 Å². The highest BCUT2D eigenvalue weighted by Gasteiger charge is 2.15. The van der Waals surface area contributed by atoms with Gasteiger partial charge in [0, 0.05) is 10.5 Å². The summed E-state index contributed by atoms with van der Waals surface area (Å²) in [5.74, 6) is -0.201. The van der Waals surface area contributed by atoms with Gasteiger partial charge in [0.25, 0.3) is 11.8 Å². The quantitative estimate of drug-likeness (QED) is 0.660. The van der Waals surface area contributed by atoms with E-state index < -0.39 is 0 Å². The van der Waals surface area contributed by atoms with E-state index in [1.165, 1.54) is 0 Å². The molecule has 0 saturated heterocycles. The Labute approximate surface area is 166 Å². The van der Waals surface area contributed by atoms with E-state index in [0.717, 1.165) is 10.9 Å². The standard InChI is InChI=1S/C19H20BrClN2O3/c1-3-12(2)22-19(25)14-6-4-5-7-16(14)23-18(24)11-26-17-9-8-13(20)10-15(17)21/h4-10,12H,3,11H2,1-2H3,(H,22,25)(H,23,24)/t12-/m1/s1. The van der Waals surface area contributed by atoms with E-state index >= 15 is 0 Å². The predicted octanol–water partition coefficient (Wildman–Crippen LogP) is 4.65. The second-order valence-corrected chi connectivity index (χ2v) is 7.06. The molecule has 2 aromatic rings. The lowest BCUT2D eigenvalue weighted by molar-refractivity contribution is -0.118. The molecule has 2 N–H and O–H groups in total. The fraction of sp³-hybridized carbons (Fsp3) is 0.263. The van der Waals surface area contributed by atoms with Crippen LogP contribution in [0.25, 0.3) is 0 Å². The number of benzene rings is 2. The van der Waals surface area contributed by atoms with Crippen LogP contribution in [0.3, 0.4) is 0 Å². The summed E-state index contributed by atoms with van der Waals surface area (Å²) in [7, 11) is 0. The molecule has 0 fully saturated rings. The molecular formula is C19H20BrClN2O3. The maximum absolute atomic E-state index is 12.4. The van der Waals surface area contributed by atoms with Crippen LogP contribution in [0.5, 0.6) is 5.75 Å². The number of amides is 2. The first-order valence-corrected chi connectivity index (χ1v) is 9.35. The molecule has 0 radical (unpaired) electrons. The molecule has 138 valence electrons. The van der Waals surface area contributed by atoms with E-state index in [-0.39, 0.29) is 24.5 Å². The fourth-order valence-corrected chi connectivity index (χ4v) is 2.84. The van der Waals surface area contributed by atoms with Crippen molar-refractivity contribution in [1.29, 1.82) is 0 Å². The molecule has 1 atom stereocenters. The van der Waals surface area contributed by atoms with Crippen molar-refractivity contribution in [3.63, 3.8) is 0 Å². The van der Waals surface area contributed by atoms with Crippen LogP contribution in [-0.4, -0.2) is 24.5 Å². The molecule has 2 aromatic carbocycles. The summed E-state index contributed by atoms with van der Waals surface area (Å²) < 4.78 is 6.26. The van der Waals surface area contributed by atoms with E-state index in [1.54, 1.807) is 42.5 Å². The monoisotopic (exact) mass is 438 g/mol. The molecule has 0 aliphatic rings. The number of hydrogen-bond acceptors (Lipinski definition) is 3. The van der Waals surface area contributed by atoms with E-state index in [4.69, 9.17) is 16.3 Å². The van der Waals surface area contributed by atoms with Gasteiger partial charge in [0.15, 0.2) is 6.61 Å². The van der Waals surface area contributed by atoms with E-state index in [9.17, 15) is 9.59 Å². The molecular weight excluding hydrogens is 420 g/mol. The van der Waals surface area contributed by atoms with Gasteiger partial charge >= 0.3 is 0 Å². The summed E-state index contributed by atoms with van der Waals surface area (Å²) in [6.07, 6.45) is 0.821.